The topological polar surface area (TPSA) is 9.23 Å². The average Bonchev–Trinajstić information content (AvgIpc) is 2.75. The van der Waals surface area contributed by atoms with Gasteiger partial charge in [-0.25, -0.2) is 0 Å². The fraction of sp³-hybridized carbons (Fsp3) is 0.600. The predicted molar refractivity (Wildman–Crippen MR) is 70.9 cm³/mol. The molecular weight excluding hydrogens is 232 g/mol. The highest BCUT2D eigenvalue weighted by Gasteiger charge is 2.28. The summed E-state index contributed by atoms with van der Waals surface area (Å²) in [5.74, 6) is 2.62. The lowest BCUT2D eigenvalue weighted by atomic mass is 9.84. The first-order valence-corrected chi connectivity index (χ1v) is 7.12. The predicted octanol–water partition coefficient (Wildman–Crippen LogP) is 4.35. The number of rotatable bonds is 2. The lowest BCUT2D eigenvalue weighted by Crippen LogP contribution is -2.16. The molecule has 0 N–H and O–H groups in total. The molecule has 1 aromatic rings. The molecular formula is C15H19ClO. The second kappa shape index (κ2) is 4.89. The normalized spacial score (nSPS) is 31.9. The highest BCUT2D eigenvalue weighted by Crippen LogP contribution is 2.41. The maximum atomic E-state index is 6.20. The van der Waals surface area contributed by atoms with Crippen LogP contribution in [-0.2, 0) is 0 Å². The molecule has 92 valence electrons. The van der Waals surface area contributed by atoms with E-state index in [1.54, 1.807) is 0 Å². The Labute approximate surface area is 108 Å². The van der Waals surface area contributed by atoms with E-state index in [1.165, 1.54) is 37.7 Å². The van der Waals surface area contributed by atoms with Gasteiger partial charge in [0.2, 0.25) is 0 Å². The maximum Gasteiger partial charge on any atom is 0.122 e. The van der Waals surface area contributed by atoms with Gasteiger partial charge in [0.25, 0.3) is 0 Å². The van der Waals surface area contributed by atoms with Crippen LogP contribution in [0, 0.1) is 5.92 Å². The van der Waals surface area contributed by atoms with Crippen LogP contribution in [0.25, 0.3) is 0 Å². The smallest absolute Gasteiger partial charge is 0.122 e. The maximum absolute atomic E-state index is 6.20. The SMILES string of the molecule is ClC1CCC(CC2CCOc3ccccc32)C1. The molecule has 0 spiro atoms. The number of fused-ring (bicyclic) bond motifs is 1. The first-order valence-electron chi connectivity index (χ1n) is 6.68. The van der Waals surface area contributed by atoms with Gasteiger partial charge in [0.1, 0.15) is 5.75 Å². The molecule has 17 heavy (non-hydrogen) atoms. The van der Waals surface area contributed by atoms with Gasteiger partial charge in [0.15, 0.2) is 0 Å². The van der Waals surface area contributed by atoms with Crippen molar-refractivity contribution in [3.8, 4) is 5.75 Å². The summed E-state index contributed by atoms with van der Waals surface area (Å²) in [5.41, 5.74) is 1.41. The van der Waals surface area contributed by atoms with Crippen molar-refractivity contribution in [3.05, 3.63) is 29.8 Å². The molecule has 0 amide bonds. The van der Waals surface area contributed by atoms with Gasteiger partial charge < -0.3 is 4.74 Å². The Morgan fingerprint density at radius 3 is 2.88 bits per heavy atom. The third-order valence-electron chi connectivity index (χ3n) is 4.18. The van der Waals surface area contributed by atoms with Crippen molar-refractivity contribution in [2.24, 2.45) is 5.92 Å². The molecule has 1 saturated carbocycles. The molecule has 1 aliphatic heterocycles. The van der Waals surface area contributed by atoms with Crippen LogP contribution in [-0.4, -0.2) is 12.0 Å². The average molecular weight is 251 g/mol. The van der Waals surface area contributed by atoms with Crippen LogP contribution in [0.1, 0.15) is 43.6 Å². The van der Waals surface area contributed by atoms with Crippen LogP contribution >= 0.6 is 11.6 Å². The molecule has 3 rings (SSSR count). The van der Waals surface area contributed by atoms with Gasteiger partial charge in [-0.15, -0.1) is 11.6 Å². The standard InChI is InChI=1S/C15H19ClO/c16-13-6-5-11(10-13)9-12-7-8-17-15-4-2-1-3-14(12)15/h1-4,11-13H,5-10H2. The molecule has 1 heterocycles. The van der Waals surface area contributed by atoms with E-state index in [0.717, 1.165) is 18.3 Å². The fourth-order valence-corrected chi connectivity index (χ4v) is 3.67. The lowest BCUT2D eigenvalue weighted by molar-refractivity contribution is 0.252. The summed E-state index contributed by atoms with van der Waals surface area (Å²) < 4.78 is 5.71. The highest BCUT2D eigenvalue weighted by molar-refractivity contribution is 6.20. The third-order valence-corrected chi connectivity index (χ3v) is 4.57. The van der Waals surface area contributed by atoms with Crippen LogP contribution in [0.4, 0.5) is 0 Å². The zero-order valence-corrected chi connectivity index (χ0v) is 10.8. The largest absolute Gasteiger partial charge is 0.493 e. The second-order valence-electron chi connectivity index (χ2n) is 5.38. The quantitative estimate of drug-likeness (QED) is 0.709. The number of para-hydroxylation sites is 1. The van der Waals surface area contributed by atoms with E-state index < -0.39 is 0 Å². The van der Waals surface area contributed by atoms with E-state index in [2.05, 4.69) is 24.3 Å². The van der Waals surface area contributed by atoms with Crippen molar-refractivity contribution < 1.29 is 4.74 Å². The molecule has 3 unspecified atom stereocenters. The molecule has 1 fully saturated rings. The summed E-state index contributed by atoms with van der Waals surface area (Å²) >= 11 is 6.20. The molecule has 1 aliphatic carbocycles. The molecule has 0 bridgehead atoms. The van der Waals surface area contributed by atoms with E-state index in [-0.39, 0.29) is 0 Å². The Morgan fingerprint density at radius 1 is 1.18 bits per heavy atom. The first kappa shape index (κ1) is 11.4. The number of ether oxygens (including phenoxy) is 1. The van der Waals surface area contributed by atoms with Gasteiger partial charge in [0, 0.05) is 5.38 Å². The zero-order valence-electron chi connectivity index (χ0n) is 10.1. The summed E-state index contributed by atoms with van der Waals surface area (Å²) in [6, 6.07) is 8.51. The van der Waals surface area contributed by atoms with Crippen LogP contribution in [0.15, 0.2) is 24.3 Å². The number of alkyl halides is 1. The summed E-state index contributed by atoms with van der Waals surface area (Å²) in [7, 11) is 0. The Hall–Kier alpha value is -0.690. The lowest BCUT2D eigenvalue weighted by Gasteiger charge is -2.27. The van der Waals surface area contributed by atoms with Gasteiger partial charge in [-0.2, -0.15) is 0 Å². The Balaban J connectivity index is 1.72. The number of benzene rings is 1. The number of halogens is 1. The summed E-state index contributed by atoms with van der Waals surface area (Å²) in [5, 5.41) is 0.426. The number of hydrogen-bond acceptors (Lipinski definition) is 1. The van der Waals surface area contributed by atoms with Crippen molar-refractivity contribution in [3.63, 3.8) is 0 Å². The molecule has 1 aromatic carbocycles. The van der Waals surface area contributed by atoms with Gasteiger partial charge in [0.05, 0.1) is 6.61 Å². The van der Waals surface area contributed by atoms with Crippen molar-refractivity contribution >= 4 is 11.6 Å². The van der Waals surface area contributed by atoms with Crippen LogP contribution in [0.3, 0.4) is 0 Å². The molecule has 0 aromatic heterocycles. The van der Waals surface area contributed by atoms with Crippen LogP contribution < -0.4 is 4.74 Å². The van der Waals surface area contributed by atoms with Crippen molar-refractivity contribution in [1.29, 1.82) is 0 Å². The van der Waals surface area contributed by atoms with E-state index in [0.29, 0.717) is 11.3 Å². The Bertz CT molecular complexity index is 390. The van der Waals surface area contributed by atoms with Crippen LogP contribution in [0.5, 0.6) is 5.75 Å². The van der Waals surface area contributed by atoms with E-state index in [1.807, 2.05) is 0 Å². The molecule has 0 radical (unpaired) electrons. The molecule has 2 heteroatoms. The van der Waals surface area contributed by atoms with Gasteiger partial charge in [-0.1, -0.05) is 18.2 Å². The minimum Gasteiger partial charge on any atom is -0.493 e. The number of hydrogen-bond donors (Lipinski definition) is 0. The summed E-state index contributed by atoms with van der Waals surface area (Å²) in [4.78, 5) is 0. The zero-order chi connectivity index (χ0) is 11.7. The second-order valence-corrected chi connectivity index (χ2v) is 6.00. The Kier molecular flexibility index (Phi) is 3.28. The molecule has 2 aliphatic rings. The summed E-state index contributed by atoms with van der Waals surface area (Å²) in [6.45, 7) is 0.874. The minimum atomic E-state index is 0.426. The van der Waals surface area contributed by atoms with Gasteiger partial charge in [-0.3, -0.25) is 0 Å². The van der Waals surface area contributed by atoms with Crippen molar-refractivity contribution in [2.75, 3.05) is 6.61 Å². The minimum absolute atomic E-state index is 0.426. The van der Waals surface area contributed by atoms with Crippen molar-refractivity contribution in [1.82, 2.24) is 0 Å². The fourth-order valence-electron chi connectivity index (χ4n) is 3.29. The third kappa shape index (κ3) is 2.44. The molecule has 0 saturated heterocycles. The van der Waals surface area contributed by atoms with Crippen LogP contribution in [0.2, 0.25) is 0 Å². The first-order chi connectivity index (χ1) is 8.33. The van der Waals surface area contributed by atoms with Gasteiger partial charge in [-0.05, 0) is 55.6 Å². The monoisotopic (exact) mass is 250 g/mol. The van der Waals surface area contributed by atoms with E-state index in [4.69, 9.17) is 16.3 Å². The Morgan fingerprint density at radius 2 is 2.06 bits per heavy atom. The summed E-state index contributed by atoms with van der Waals surface area (Å²) in [6.07, 6.45) is 6.19. The molecule has 3 atom stereocenters. The van der Waals surface area contributed by atoms with E-state index >= 15 is 0 Å². The van der Waals surface area contributed by atoms with E-state index in [9.17, 15) is 0 Å². The van der Waals surface area contributed by atoms with Crippen molar-refractivity contribution in [2.45, 2.75) is 43.4 Å². The van der Waals surface area contributed by atoms with Gasteiger partial charge >= 0.3 is 0 Å². The molecule has 1 nitrogen and oxygen atoms in total. The highest BCUT2D eigenvalue weighted by atomic mass is 35.5.